The van der Waals surface area contributed by atoms with Crippen LogP contribution in [-0.4, -0.2) is 28.2 Å². The first-order valence-electron chi connectivity index (χ1n) is 12.7. The number of carbonyl (C=O) groups excluding carboxylic acids is 2. The maximum atomic E-state index is 14.0. The molecular formula is C30H28Cl2N4O4. The number of halogens is 2. The highest BCUT2D eigenvalue weighted by molar-refractivity contribution is 6.34. The number of amides is 2. The average Bonchev–Trinajstić information content (AvgIpc) is 2.93. The van der Waals surface area contributed by atoms with Crippen molar-refractivity contribution in [2.45, 2.75) is 33.1 Å². The van der Waals surface area contributed by atoms with E-state index in [0.717, 1.165) is 6.42 Å². The number of para-hydroxylation sites is 2. The van der Waals surface area contributed by atoms with Crippen LogP contribution in [-0.2, 0) is 9.59 Å². The Balaban J connectivity index is 1.91. The molecule has 0 saturated carbocycles. The van der Waals surface area contributed by atoms with Crippen molar-refractivity contribution in [1.82, 2.24) is 4.90 Å². The molecule has 1 aliphatic rings. The van der Waals surface area contributed by atoms with Crippen molar-refractivity contribution in [2.75, 3.05) is 17.2 Å². The smallest absolute Gasteiger partial charge is 0.269 e. The zero-order chi connectivity index (χ0) is 29.0. The van der Waals surface area contributed by atoms with Crippen LogP contribution in [0.4, 0.5) is 17.1 Å². The van der Waals surface area contributed by atoms with Crippen LogP contribution in [0, 0.1) is 10.1 Å². The number of benzene rings is 3. The maximum absolute atomic E-state index is 14.0. The molecule has 10 heteroatoms. The molecule has 1 aliphatic heterocycles. The predicted octanol–water partition coefficient (Wildman–Crippen LogP) is 7.54. The molecule has 0 saturated heterocycles. The van der Waals surface area contributed by atoms with E-state index in [1.807, 2.05) is 25.7 Å². The number of hydrogen-bond donors (Lipinski definition) is 2. The number of non-ortho nitro benzene ring substituents is 1. The van der Waals surface area contributed by atoms with Gasteiger partial charge in [0.1, 0.15) is 0 Å². The van der Waals surface area contributed by atoms with Gasteiger partial charge < -0.3 is 15.5 Å². The molecule has 2 amide bonds. The van der Waals surface area contributed by atoms with Crippen molar-refractivity contribution in [3.8, 4) is 0 Å². The lowest BCUT2D eigenvalue weighted by Gasteiger charge is -2.38. The summed E-state index contributed by atoms with van der Waals surface area (Å²) in [5.74, 6) is -1.87. The van der Waals surface area contributed by atoms with Crippen LogP contribution in [0.15, 0.2) is 95.3 Å². The highest BCUT2D eigenvalue weighted by atomic mass is 35.5. The van der Waals surface area contributed by atoms with Gasteiger partial charge in [0, 0.05) is 47.1 Å². The van der Waals surface area contributed by atoms with E-state index in [9.17, 15) is 19.7 Å². The van der Waals surface area contributed by atoms with E-state index < -0.39 is 22.7 Å². The van der Waals surface area contributed by atoms with Gasteiger partial charge in [-0.15, -0.1) is 0 Å². The van der Waals surface area contributed by atoms with Gasteiger partial charge in [0.25, 0.3) is 17.5 Å². The second-order valence-electron chi connectivity index (χ2n) is 9.30. The van der Waals surface area contributed by atoms with E-state index in [4.69, 9.17) is 23.2 Å². The Morgan fingerprint density at radius 3 is 1.80 bits per heavy atom. The highest BCUT2D eigenvalue weighted by Gasteiger charge is 2.39. The van der Waals surface area contributed by atoms with Crippen molar-refractivity contribution >= 4 is 52.1 Å². The molecule has 0 unspecified atom stereocenters. The van der Waals surface area contributed by atoms with Crippen molar-refractivity contribution in [3.63, 3.8) is 0 Å². The van der Waals surface area contributed by atoms with Crippen molar-refractivity contribution < 1.29 is 14.5 Å². The minimum absolute atomic E-state index is 0.152. The molecule has 0 radical (unpaired) electrons. The number of carbonyl (C=O) groups is 2. The van der Waals surface area contributed by atoms with E-state index >= 15 is 0 Å². The zero-order valence-electron chi connectivity index (χ0n) is 22.2. The molecule has 0 atom stereocenters. The van der Waals surface area contributed by atoms with Gasteiger partial charge in [0.15, 0.2) is 0 Å². The Kier molecular flexibility index (Phi) is 8.92. The van der Waals surface area contributed by atoms with Crippen molar-refractivity contribution in [1.29, 1.82) is 0 Å². The molecule has 2 N–H and O–H groups in total. The second-order valence-corrected chi connectivity index (χ2v) is 10.1. The Bertz CT molecular complexity index is 1470. The standard InChI is InChI=1S/C30H28Cl2N4O4/c1-4-16-35-18(2)26(29(37)33-24-14-7-5-12-22(24)31)28(20-10-9-11-21(17-20)36(39)40)27(19(35)3)30(38)34-25-15-8-6-13-23(25)32/h5-15,17,28H,4,16H2,1-3H3,(H,33,37)(H,34,38). The molecule has 0 bridgehead atoms. The van der Waals surface area contributed by atoms with Gasteiger partial charge in [-0.1, -0.05) is 66.5 Å². The summed E-state index contributed by atoms with van der Waals surface area (Å²) in [7, 11) is 0. The minimum Gasteiger partial charge on any atom is -0.348 e. The van der Waals surface area contributed by atoms with Crippen LogP contribution in [0.3, 0.4) is 0 Å². The normalized spacial score (nSPS) is 13.9. The van der Waals surface area contributed by atoms with Crippen LogP contribution >= 0.6 is 23.2 Å². The third kappa shape index (κ3) is 5.88. The van der Waals surface area contributed by atoms with Crippen LogP contribution < -0.4 is 10.6 Å². The van der Waals surface area contributed by atoms with E-state index in [-0.39, 0.29) is 16.8 Å². The largest absolute Gasteiger partial charge is 0.348 e. The Morgan fingerprint density at radius 1 is 0.850 bits per heavy atom. The van der Waals surface area contributed by atoms with Gasteiger partial charge in [0.05, 0.1) is 26.3 Å². The quantitative estimate of drug-likeness (QED) is 0.212. The van der Waals surface area contributed by atoms with Gasteiger partial charge in [-0.2, -0.15) is 0 Å². The lowest BCUT2D eigenvalue weighted by molar-refractivity contribution is -0.384. The number of allylic oxidation sites excluding steroid dienone is 2. The molecule has 3 aromatic rings. The number of nitro groups is 1. The fourth-order valence-corrected chi connectivity index (χ4v) is 5.28. The summed E-state index contributed by atoms with van der Waals surface area (Å²) in [4.78, 5) is 41.1. The van der Waals surface area contributed by atoms with Gasteiger partial charge in [-0.25, -0.2) is 0 Å². The summed E-state index contributed by atoms with van der Waals surface area (Å²) in [6, 6.07) is 19.7. The van der Waals surface area contributed by atoms with Gasteiger partial charge in [-0.05, 0) is 50.1 Å². The zero-order valence-corrected chi connectivity index (χ0v) is 23.7. The van der Waals surface area contributed by atoms with E-state index in [1.54, 1.807) is 60.7 Å². The van der Waals surface area contributed by atoms with Crippen molar-refractivity contribution in [2.24, 2.45) is 0 Å². The Morgan fingerprint density at radius 2 is 1.35 bits per heavy atom. The summed E-state index contributed by atoms with van der Waals surface area (Å²) in [5, 5.41) is 18.1. The SMILES string of the molecule is CCCN1C(C)=C(C(=O)Nc2ccccc2Cl)C(c2cccc([N+](=O)[O-])c2)C(C(=O)Nc2ccccc2Cl)=C1C. The first-order valence-corrected chi connectivity index (χ1v) is 13.4. The number of rotatable bonds is 8. The fraction of sp³-hybridized carbons (Fsp3) is 0.200. The summed E-state index contributed by atoms with van der Waals surface area (Å²) in [5.41, 5.74) is 2.92. The Hall–Kier alpha value is -4.14. The monoisotopic (exact) mass is 578 g/mol. The molecule has 1 heterocycles. The highest BCUT2D eigenvalue weighted by Crippen LogP contribution is 2.44. The molecular weight excluding hydrogens is 551 g/mol. The van der Waals surface area contributed by atoms with Gasteiger partial charge in [-0.3, -0.25) is 19.7 Å². The lowest BCUT2D eigenvalue weighted by Crippen LogP contribution is -2.37. The molecule has 40 heavy (non-hydrogen) atoms. The minimum atomic E-state index is -0.919. The average molecular weight is 579 g/mol. The third-order valence-corrected chi connectivity index (χ3v) is 7.42. The molecule has 0 aromatic heterocycles. The first kappa shape index (κ1) is 28.9. The number of anilines is 2. The topological polar surface area (TPSA) is 105 Å². The molecule has 3 aromatic carbocycles. The van der Waals surface area contributed by atoms with E-state index in [2.05, 4.69) is 10.6 Å². The Labute approximate surface area is 242 Å². The number of nitrogens with zero attached hydrogens (tertiary/aromatic N) is 2. The summed E-state index contributed by atoms with van der Waals surface area (Å²) >= 11 is 12.7. The molecule has 0 spiro atoms. The fourth-order valence-electron chi connectivity index (χ4n) is 4.91. The lowest BCUT2D eigenvalue weighted by atomic mass is 9.78. The van der Waals surface area contributed by atoms with Crippen molar-refractivity contribution in [3.05, 3.63) is 121 Å². The maximum Gasteiger partial charge on any atom is 0.269 e. The number of hydrogen-bond acceptors (Lipinski definition) is 5. The van der Waals surface area contributed by atoms with Crippen LogP contribution in [0.5, 0.6) is 0 Å². The molecule has 8 nitrogen and oxygen atoms in total. The summed E-state index contributed by atoms with van der Waals surface area (Å²) < 4.78 is 0. The van der Waals surface area contributed by atoms with Gasteiger partial charge in [0.2, 0.25) is 0 Å². The van der Waals surface area contributed by atoms with Crippen LogP contribution in [0.1, 0.15) is 38.7 Å². The second kappa shape index (κ2) is 12.4. The van der Waals surface area contributed by atoms with Crippen LogP contribution in [0.2, 0.25) is 10.0 Å². The molecule has 0 aliphatic carbocycles. The summed E-state index contributed by atoms with van der Waals surface area (Å²) in [6.45, 7) is 6.17. The third-order valence-electron chi connectivity index (χ3n) is 6.76. The van der Waals surface area contributed by atoms with Crippen LogP contribution in [0.25, 0.3) is 0 Å². The van der Waals surface area contributed by atoms with Gasteiger partial charge >= 0.3 is 0 Å². The number of nitro benzene ring substituents is 1. The summed E-state index contributed by atoms with van der Waals surface area (Å²) in [6.07, 6.45) is 0.745. The predicted molar refractivity (Wildman–Crippen MR) is 158 cm³/mol. The number of nitrogens with one attached hydrogen (secondary N) is 2. The molecule has 206 valence electrons. The molecule has 0 fully saturated rings. The van der Waals surface area contributed by atoms with E-state index in [0.29, 0.717) is 44.9 Å². The molecule has 4 rings (SSSR count). The van der Waals surface area contributed by atoms with E-state index in [1.165, 1.54) is 12.1 Å². The first-order chi connectivity index (χ1) is 19.1.